The van der Waals surface area contributed by atoms with Gasteiger partial charge in [0.05, 0.1) is 13.2 Å². The first kappa shape index (κ1) is 15.2. The molecular weight excluding hydrogens is 212 g/mol. The lowest BCUT2D eigenvalue weighted by Gasteiger charge is -2.40. The smallest absolute Gasteiger partial charge is 0.0594 e. The molecule has 0 unspecified atom stereocenters. The summed E-state index contributed by atoms with van der Waals surface area (Å²) in [6.07, 6.45) is 4.14. The molecule has 0 bridgehead atoms. The van der Waals surface area contributed by atoms with E-state index >= 15 is 0 Å². The first-order valence-electron chi connectivity index (χ1n) is 5.79. The molecule has 0 aliphatic heterocycles. The molecule has 0 spiro atoms. The van der Waals surface area contributed by atoms with E-state index in [1.54, 1.807) is 0 Å². The number of halogens is 1. The lowest BCUT2D eigenvalue weighted by molar-refractivity contribution is 0.0476. The van der Waals surface area contributed by atoms with Crippen molar-refractivity contribution in [3.05, 3.63) is 0 Å². The van der Waals surface area contributed by atoms with E-state index in [1.807, 2.05) is 0 Å². The molecule has 0 saturated heterocycles. The van der Waals surface area contributed by atoms with Gasteiger partial charge >= 0.3 is 0 Å². The quantitative estimate of drug-likeness (QED) is 0.684. The van der Waals surface area contributed by atoms with Crippen LogP contribution < -0.4 is 5.73 Å². The van der Waals surface area contributed by atoms with Crippen LogP contribution in [-0.2, 0) is 4.74 Å². The molecule has 0 aromatic carbocycles. The van der Waals surface area contributed by atoms with E-state index < -0.39 is 0 Å². The van der Waals surface area contributed by atoms with Gasteiger partial charge in [-0.3, -0.25) is 4.90 Å². The Morgan fingerprint density at radius 3 is 2.40 bits per heavy atom. The van der Waals surface area contributed by atoms with Gasteiger partial charge in [0, 0.05) is 25.2 Å². The van der Waals surface area contributed by atoms with Crippen LogP contribution in [0.25, 0.3) is 0 Å². The predicted molar refractivity (Wildman–Crippen MR) is 66.6 cm³/mol. The summed E-state index contributed by atoms with van der Waals surface area (Å²) in [7, 11) is 0. The number of hydrogen-bond donors (Lipinski definition) is 1. The van der Waals surface area contributed by atoms with E-state index in [1.165, 1.54) is 19.3 Å². The summed E-state index contributed by atoms with van der Waals surface area (Å²) in [5, 5.41) is 0. The zero-order valence-electron chi connectivity index (χ0n) is 9.95. The maximum atomic E-state index is 5.42. The van der Waals surface area contributed by atoms with E-state index in [0.29, 0.717) is 19.2 Å². The molecule has 4 heteroatoms. The van der Waals surface area contributed by atoms with Crippen LogP contribution in [0.2, 0.25) is 0 Å². The standard InChI is InChI=1S/C11H24N2O.ClH/c1-10(2)13(11-4-3-5-11)7-9-14-8-6-12;/h10-11H,3-9,12H2,1-2H3;1H. The van der Waals surface area contributed by atoms with Gasteiger partial charge in [-0.1, -0.05) is 6.42 Å². The SMILES string of the molecule is CC(C)N(CCOCCN)C1CCC1.Cl. The molecule has 0 aromatic rings. The molecule has 1 rings (SSSR count). The third kappa shape index (κ3) is 5.16. The summed E-state index contributed by atoms with van der Waals surface area (Å²) in [6.45, 7) is 7.73. The molecule has 0 aromatic heterocycles. The summed E-state index contributed by atoms with van der Waals surface area (Å²) < 4.78 is 5.42. The van der Waals surface area contributed by atoms with Gasteiger partial charge in [0.25, 0.3) is 0 Å². The van der Waals surface area contributed by atoms with Crippen LogP contribution >= 0.6 is 12.4 Å². The first-order chi connectivity index (χ1) is 6.75. The van der Waals surface area contributed by atoms with E-state index in [0.717, 1.165) is 19.2 Å². The van der Waals surface area contributed by atoms with E-state index in [4.69, 9.17) is 10.5 Å². The van der Waals surface area contributed by atoms with Gasteiger partial charge in [-0.05, 0) is 26.7 Å². The monoisotopic (exact) mass is 236 g/mol. The van der Waals surface area contributed by atoms with Gasteiger partial charge in [0.15, 0.2) is 0 Å². The fourth-order valence-electron chi connectivity index (χ4n) is 1.94. The third-order valence-corrected chi connectivity index (χ3v) is 2.96. The van der Waals surface area contributed by atoms with Crippen molar-refractivity contribution in [1.82, 2.24) is 4.90 Å². The van der Waals surface area contributed by atoms with Crippen LogP contribution in [0, 0.1) is 0 Å². The highest BCUT2D eigenvalue weighted by atomic mass is 35.5. The molecular formula is C11H25ClN2O. The van der Waals surface area contributed by atoms with Crippen LogP contribution in [-0.4, -0.2) is 43.3 Å². The van der Waals surface area contributed by atoms with E-state index in [9.17, 15) is 0 Å². The van der Waals surface area contributed by atoms with Crippen LogP contribution in [0.4, 0.5) is 0 Å². The zero-order chi connectivity index (χ0) is 10.4. The van der Waals surface area contributed by atoms with Crippen molar-refractivity contribution in [3.63, 3.8) is 0 Å². The highest BCUT2D eigenvalue weighted by Gasteiger charge is 2.26. The summed E-state index contributed by atoms with van der Waals surface area (Å²) in [4.78, 5) is 2.56. The minimum atomic E-state index is 0. The molecule has 1 fully saturated rings. The average Bonchev–Trinajstić information content (AvgIpc) is 2.06. The van der Waals surface area contributed by atoms with E-state index in [-0.39, 0.29) is 12.4 Å². The van der Waals surface area contributed by atoms with Gasteiger partial charge in [0.1, 0.15) is 0 Å². The van der Waals surface area contributed by atoms with E-state index in [2.05, 4.69) is 18.7 Å². The zero-order valence-corrected chi connectivity index (χ0v) is 10.8. The van der Waals surface area contributed by atoms with Crippen molar-refractivity contribution < 1.29 is 4.74 Å². The number of ether oxygens (including phenoxy) is 1. The first-order valence-corrected chi connectivity index (χ1v) is 5.79. The molecule has 0 atom stereocenters. The highest BCUT2D eigenvalue weighted by molar-refractivity contribution is 5.85. The molecule has 1 saturated carbocycles. The molecule has 2 N–H and O–H groups in total. The van der Waals surface area contributed by atoms with Crippen molar-refractivity contribution in [2.24, 2.45) is 5.73 Å². The lowest BCUT2D eigenvalue weighted by Crippen LogP contribution is -2.46. The minimum Gasteiger partial charge on any atom is -0.379 e. The predicted octanol–water partition coefficient (Wildman–Crippen LogP) is 1.65. The van der Waals surface area contributed by atoms with Crippen LogP contribution in [0.5, 0.6) is 0 Å². The summed E-state index contributed by atoms with van der Waals surface area (Å²) in [6, 6.07) is 1.46. The molecule has 1 aliphatic rings. The second-order valence-electron chi connectivity index (χ2n) is 4.32. The topological polar surface area (TPSA) is 38.5 Å². The Balaban J connectivity index is 0.00000196. The van der Waals surface area contributed by atoms with Crippen LogP contribution in [0.3, 0.4) is 0 Å². The maximum absolute atomic E-state index is 5.42. The number of rotatable bonds is 7. The summed E-state index contributed by atoms with van der Waals surface area (Å²) in [5.74, 6) is 0. The lowest BCUT2D eigenvalue weighted by atomic mass is 9.90. The fourth-order valence-corrected chi connectivity index (χ4v) is 1.94. The van der Waals surface area contributed by atoms with Crippen molar-refractivity contribution in [2.45, 2.75) is 45.2 Å². The molecule has 0 heterocycles. The second kappa shape index (κ2) is 8.34. The molecule has 0 radical (unpaired) electrons. The van der Waals surface area contributed by atoms with Crippen LogP contribution in [0.1, 0.15) is 33.1 Å². The molecule has 1 aliphatic carbocycles. The van der Waals surface area contributed by atoms with Crippen LogP contribution in [0.15, 0.2) is 0 Å². The third-order valence-electron chi connectivity index (χ3n) is 2.96. The average molecular weight is 237 g/mol. The highest BCUT2D eigenvalue weighted by Crippen LogP contribution is 2.25. The van der Waals surface area contributed by atoms with Crippen molar-refractivity contribution in [3.8, 4) is 0 Å². The van der Waals surface area contributed by atoms with Gasteiger partial charge in [-0.15, -0.1) is 12.4 Å². The Morgan fingerprint density at radius 2 is 2.00 bits per heavy atom. The minimum absolute atomic E-state index is 0. The Hall–Kier alpha value is 0.170. The number of nitrogens with zero attached hydrogens (tertiary/aromatic N) is 1. The van der Waals surface area contributed by atoms with Gasteiger partial charge in [-0.25, -0.2) is 0 Å². The second-order valence-corrected chi connectivity index (χ2v) is 4.32. The Morgan fingerprint density at radius 1 is 1.33 bits per heavy atom. The fraction of sp³-hybridized carbons (Fsp3) is 1.00. The van der Waals surface area contributed by atoms with Crippen molar-refractivity contribution in [2.75, 3.05) is 26.3 Å². The Bertz CT molecular complexity index is 152. The molecule has 15 heavy (non-hydrogen) atoms. The van der Waals surface area contributed by atoms with Gasteiger partial charge < -0.3 is 10.5 Å². The summed E-state index contributed by atoms with van der Waals surface area (Å²) >= 11 is 0. The summed E-state index contributed by atoms with van der Waals surface area (Å²) in [5.41, 5.74) is 5.36. The molecule has 3 nitrogen and oxygen atoms in total. The van der Waals surface area contributed by atoms with Crippen molar-refractivity contribution in [1.29, 1.82) is 0 Å². The normalized spacial score (nSPS) is 16.6. The number of hydrogen-bond acceptors (Lipinski definition) is 3. The molecule has 0 amide bonds. The van der Waals surface area contributed by atoms with Gasteiger partial charge in [-0.2, -0.15) is 0 Å². The van der Waals surface area contributed by atoms with Gasteiger partial charge in [0.2, 0.25) is 0 Å². The molecule has 92 valence electrons. The van der Waals surface area contributed by atoms with Crippen molar-refractivity contribution >= 4 is 12.4 Å². The largest absolute Gasteiger partial charge is 0.379 e. The maximum Gasteiger partial charge on any atom is 0.0594 e. The number of nitrogens with two attached hydrogens (primary N) is 1. The Labute approximate surface area is 99.7 Å². The Kier molecular flexibility index (Phi) is 8.43.